The molecule has 0 spiro atoms. The average Bonchev–Trinajstić information content (AvgIpc) is 3.60. The number of nitrogens with zero attached hydrogens (tertiary/aromatic N) is 3. The van der Waals surface area contributed by atoms with Crippen molar-refractivity contribution in [1.29, 1.82) is 0 Å². The zero-order valence-electron chi connectivity index (χ0n) is 20.6. The van der Waals surface area contributed by atoms with Gasteiger partial charge in [-0.15, -0.1) is 0 Å². The van der Waals surface area contributed by atoms with Gasteiger partial charge < -0.3 is 9.84 Å². The summed E-state index contributed by atoms with van der Waals surface area (Å²) in [5.41, 5.74) is 6.02. The Labute approximate surface area is 217 Å². The van der Waals surface area contributed by atoms with Gasteiger partial charge in [-0.2, -0.15) is 5.10 Å². The standard InChI is InChI=1S/C31H29N3O3/c1-32-27-16-13-24(18-28(27)37-19-20-7-3-2-4-8-20)34-30(21-9-5-6-10-21)26-15-11-22-17-23(31(35)36)12-14-25(22)29(26)33-34/h2-4,7-8,12-14,16-18,21,26,30H,5-6,9-11,15,19H2,(H,35,36). The molecule has 2 aliphatic carbocycles. The molecule has 0 radical (unpaired) electrons. The first-order valence-electron chi connectivity index (χ1n) is 13.0. The topological polar surface area (TPSA) is 66.5 Å². The van der Waals surface area contributed by atoms with Crippen LogP contribution >= 0.6 is 0 Å². The molecule has 1 aliphatic heterocycles. The third-order valence-corrected chi connectivity index (χ3v) is 8.06. The van der Waals surface area contributed by atoms with E-state index in [2.05, 4.69) is 9.85 Å². The van der Waals surface area contributed by atoms with E-state index in [4.69, 9.17) is 16.4 Å². The summed E-state index contributed by atoms with van der Waals surface area (Å²) >= 11 is 0. The molecular formula is C31H29N3O3. The molecule has 1 fully saturated rings. The number of hydrogen-bond acceptors (Lipinski definition) is 4. The Bertz CT molecular complexity index is 1400. The van der Waals surface area contributed by atoms with E-state index < -0.39 is 5.97 Å². The predicted octanol–water partition coefficient (Wildman–Crippen LogP) is 6.86. The number of carboxylic acids is 1. The first-order chi connectivity index (χ1) is 18.1. The van der Waals surface area contributed by atoms with Crippen molar-refractivity contribution in [3.8, 4) is 5.75 Å². The Hall–Kier alpha value is -4.11. The molecule has 3 aromatic carbocycles. The third kappa shape index (κ3) is 4.35. The van der Waals surface area contributed by atoms with Gasteiger partial charge in [0.25, 0.3) is 0 Å². The van der Waals surface area contributed by atoms with E-state index >= 15 is 0 Å². The third-order valence-electron chi connectivity index (χ3n) is 8.06. The number of hydrazone groups is 1. The van der Waals surface area contributed by atoms with Crippen LogP contribution in [0.1, 0.15) is 59.2 Å². The molecule has 0 bridgehead atoms. The number of carbonyl (C=O) groups is 1. The predicted molar refractivity (Wildman–Crippen MR) is 143 cm³/mol. The number of hydrogen-bond donors (Lipinski definition) is 1. The lowest BCUT2D eigenvalue weighted by molar-refractivity contribution is 0.0696. The normalized spacial score (nSPS) is 20.6. The van der Waals surface area contributed by atoms with Crippen LogP contribution in [0.4, 0.5) is 11.4 Å². The molecule has 1 saturated carbocycles. The van der Waals surface area contributed by atoms with Crippen LogP contribution in [0.2, 0.25) is 0 Å². The van der Waals surface area contributed by atoms with Crippen molar-refractivity contribution in [3.63, 3.8) is 0 Å². The van der Waals surface area contributed by atoms with Crippen molar-refractivity contribution >= 4 is 23.1 Å². The highest BCUT2D eigenvalue weighted by Gasteiger charge is 2.45. The van der Waals surface area contributed by atoms with Crippen LogP contribution in [0.5, 0.6) is 5.75 Å². The van der Waals surface area contributed by atoms with Crippen molar-refractivity contribution in [2.24, 2.45) is 16.9 Å². The number of rotatable bonds is 6. The second-order valence-corrected chi connectivity index (χ2v) is 10.2. The number of ether oxygens (including phenoxy) is 1. The molecular weight excluding hydrogens is 462 g/mol. The Kier molecular flexibility index (Phi) is 6.13. The molecule has 37 heavy (non-hydrogen) atoms. The maximum absolute atomic E-state index is 11.5. The summed E-state index contributed by atoms with van der Waals surface area (Å²) in [7, 11) is 0. The minimum Gasteiger partial charge on any atom is -0.500 e. The van der Waals surface area contributed by atoms with Gasteiger partial charge in [0.05, 0.1) is 29.6 Å². The monoisotopic (exact) mass is 491 g/mol. The van der Waals surface area contributed by atoms with E-state index in [1.165, 1.54) is 25.7 Å². The number of anilines is 1. The SMILES string of the molecule is [C-]#[N+]c1ccc(N2N=C3c4ccc(C(=O)O)cc4CCC3C2C2CCCC2)cc1OCc1ccccc1. The lowest BCUT2D eigenvalue weighted by Crippen LogP contribution is -2.40. The molecule has 6 nitrogen and oxygen atoms in total. The Balaban J connectivity index is 1.37. The maximum Gasteiger partial charge on any atom is 0.335 e. The fourth-order valence-electron chi connectivity index (χ4n) is 6.29. The van der Waals surface area contributed by atoms with Crippen molar-refractivity contribution in [2.45, 2.75) is 51.2 Å². The van der Waals surface area contributed by atoms with Gasteiger partial charge >= 0.3 is 5.97 Å². The van der Waals surface area contributed by atoms with Crippen molar-refractivity contribution in [3.05, 3.63) is 100 Å². The van der Waals surface area contributed by atoms with Crippen LogP contribution in [0.25, 0.3) is 4.85 Å². The summed E-state index contributed by atoms with van der Waals surface area (Å²) in [5, 5.41) is 16.9. The first-order valence-corrected chi connectivity index (χ1v) is 13.0. The van der Waals surface area contributed by atoms with E-state index in [1.54, 1.807) is 6.07 Å². The lowest BCUT2D eigenvalue weighted by atomic mass is 9.75. The van der Waals surface area contributed by atoms with Crippen LogP contribution < -0.4 is 9.75 Å². The van der Waals surface area contributed by atoms with Crippen LogP contribution in [0, 0.1) is 18.4 Å². The van der Waals surface area contributed by atoms with Gasteiger partial charge in [0.15, 0.2) is 0 Å². The molecule has 0 amide bonds. The summed E-state index contributed by atoms with van der Waals surface area (Å²) < 4.78 is 6.14. The molecule has 3 aliphatic rings. The lowest BCUT2D eigenvalue weighted by Gasteiger charge is -2.34. The smallest absolute Gasteiger partial charge is 0.335 e. The molecule has 2 unspecified atom stereocenters. The molecule has 186 valence electrons. The average molecular weight is 492 g/mol. The Morgan fingerprint density at radius 1 is 1.05 bits per heavy atom. The summed E-state index contributed by atoms with van der Waals surface area (Å²) in [6.07, 6.45) is 6.71. The van der Waals surface area contributed by atoms with Crippen molar-refractivity contribution in [1.82, 2.24) is 0 Å². The highest BCUT2D eigenvalue weighted by atomic mass is 16.5. The highest BCUT2D eigenvalue weighted by molar-refractivity contribution is 6.07. The van der Waals surface area contributed by atoms with Crippen LogP contribution in [0.15, 0.2) is 71.8 Å². The van der Waals surface area contributed by atoms with Crippen molar-refractivity contribution < 1.29 is 14.6 Å². The summed E-state index contributed by atoms with van der Waals surface area (Å²) in [6.45, 7) is 8.04. The number of carboxylic acid groups (broad SMARTS) is 1. The fourth-order valence-corrected chi connectivity index (χ4v) is 6.29. The Morgan fingerprint density at radius 3 is 2.62 bits per heavy atom. The molecule has 0 aromatic heterocycles. The molecule has 6 rings (SSSR count). The number of benzene rings is 3. The summed E-state index contributed by atoms with van der Waals surface area (Å²) in [4.78, 5) is 15.2. The molecule has 2 atom stereocenters. The molecule has 1 heterocycles. The van der Waals surface area contributed by atoms with Crippen molar-refractivity contribution in [2.75, 3.05) is 5.01 Å². The van der Waals surface area contributed by atoms with Crippen LogP contribution in [-0.2, 0) is 13.0 Å². The molecule has 0 saturated heterocycles. The van der Waals surface area contributed by atoms with Gasteiger partial charge in [-0.3, -0.25) is 5.01 Å². The van der Waals surface area contributed by atoms with E-state index in [0.29, 0.717) is 35.4 Å². The number of aromatic carboxylic acids is 1. The van der Waals surface area contributed by atoms with Crippen LogP contribution in [-0.4, -0.2) is 22.8 Å². The van der Waals surface area contributed by atoms with Gasteiger partial charge in [0.1, 0.15) is 12.4 Å². The van der Waals surface area contributed by atoms with Gasteiger partial charge in [-0.25, -0.2) is 9.64 Å². The number of fused-ring (bicyclic) bond motifs is 3. The van der Waals surface area contributed by atoms with Gasteiger partial charge in [0.2, 0.25) is 5.69 Å². The first kappa shape index (κ1) is 23.3. The van der Waals surface area contributed by atoms with E-state index in [1.807, 2.05) is 60.7 Å². The van der Waals surface area contributed by atoms with Crippen LogP contribution in [0.3, 0.4) is 0 Å². The maximum atomic E-state index is 11.5. The number of aryl methyl sites for hydroxylation is 1. The molecule has 6 heteroatoms. The van der Waals surface area contributed by atoms with E-state index in [-0.39, 0.29) is 6.04 Å². The second kappa shape index (κ2) is 9.74. The molecule has 1 N–H and O–H groups in total. The van der Waals surface area contributed by atoms with Gasteiger partial charge in [-0.05, 0) is 67.0 Å². The second-order valence-electron chi connectivity index (χ2n) is 10.2. The highest BCUT2D eigenvalue weighted by Crippen LogP contribution is 2.46. The minimum atomic E-state index is -0.897. The van der Waals surface area contributed by atoms with E-state index in [0.717, 1.165) is 40.9 Å². The quantitative estimate of drug-likeness (QED) is 0.383. The summed E-state index contributed by atoms with van der Waals surface area (Å²) in [5.74, 6) is 0.538. The van der Waals surface area contributed by atoms with Gasteiger partial charge in [-0.1, -0.05) is 55.3 Å². The summed E-state index contributed by atoms with van der Waals surface area (Å²) in [6, 6.07) is 21.5. The molecule has 3 aromatic rings. The zero-order chi connectivity index (χ0) is 25.4. The minimum absolute atomic E-state index is 0.255. The van der Waals surface area contributed by atoms with E-state index in [9.17, 15) is 9.90 Å². The van der Waals surface area contributed by atoms with Gasteiger partial charge in [0, 0.05) is 11.5 Å². The fraction of sp³-hybridized carbons (Fsp3) is 0.323. The largest absolute Gasteiger partial charge is 0.500 e. The Morgan fingerprint density at radius 2 is 1.86 bits per heavy atom. The zero-order valence-corrected chi connectivity index (χ0v) is 20.6.